The van der Waals surface area contributed by atoms with Gasteiger partial charge in [0.15, 0.2) is 0 Å². The van der Waals surface area contributed by atoms with Gasteiger partial charge in [0.05, 0.1) is 23.1 Å². The Morgan fingerprint density at radius 1 is 1.00 bits per heavy atom. The van der Waals surface area contributed by atoms with Gasteiger partial charge in [-0.25, -0.2) is 4.68 Å². The Hall–Kier alpha value is -3.67. The Morgan fingerprint density at radius 3 is 2.44 bits per heavy atom. The molecule has 4 rings (SSSR count). The molecule has 164 valence electrons. The van der Waals surface area contributed by atoms with E-state index in [0.29, 0.717) is 23.1 Å². The minimum atomic E-state index is -0.293. The van der Waals surface area contributed by atoms with Gasteiger partial charge in [-0.15, -0.1) is 0 Å². The number of benzene rings is 2. The Kier molecular flexibility index (Phi) is 6.50. The summed E-state index contributed by atoms with van der Waals surface area (Å²) in [6.07, 6.45) is 7.86. The number of nitrogens with one attached hydrogen (secondary N) is 1. The van der Waals surface area contributed by atoms with Crippen molar-refractivity contribution < 1.29 is 9.59 Å². The van der Waals surface area contributed by atoms with E-state index in [9.17, 15) is 9.59 Å². The fraction of sp³-hybridized carbons (Fsp3) is 0.269. The van der Waals surface area contributed by atoms with E-state index in [2.05, 4.69) is 24.3 Å². The Labute approximate surface area is 188 Å². The predicted molar refractivity (Wildman–Crippen MR) is 127 cm³/mol. The number of carbonyl (C=O) groups excluding carboxylic acids is 2. The topological polar surface area (TPSA) is 67.2 Å². The highest BCUT2D eigenvalue weighted by Gasteiger charge is 2.27. The Balaban J connectivity index is 1.44. The molecular formula is C26H28N4O2. The van der Waals surface area contributed by atoms with Crippen LogP contribution in [0.3, 0.4) is 0 Å². The number of amides is 2. The van der Waals surface area contributed by atoms with Crippen LogP contribution < -0.4 is 5.32 Å². The first-order valence-electron chi connectivity index (χ1n) is 11.0. The van der Waals surface area contributed by atoms with Crippen molar-refractivity contribution in [2.45, 2.75) is 20.3 Å². The van der Waals surface area contributed by atoms with Gasteiger partial charge in [0.2, 0.25) is 5.91 Å². The lowest BCUT2D eigenvalue weighted by Gasteiger charge is -2.35. The second-order valence-corrected chi connectivity index (χ2v) is 8.58. The number of nitrogens with zero attached hydrogens (tertiary/aromatic N) is 3. The van der Waals surface area contributed by atoms with Crippen molar-refractivity contribution >= 4 is 23.6 Å². The normalized spacial score (nSPS) is 18.6. The van der Waals surface area contributed by atoms with E-state index in [1.807, 2.05) is 53.6 Å². The summed E-state index contributed by atoms with van der Waals surface area (Å²) >= 11 is 0. The fourth-order valence-corrected chi connectivity index (χ4v) is 4.27. The monoisotopic (exact) mass is 428 g/mol. The minimum Gasteiger partial charge on any atom is -0.338 e. The molecule has 0 bridgehead atoms. The number of piperidine rings is 1. The third-order valence-corrected chi connectivity index (χ3v) is 5.62. The molecule has 0 radical (unpaired) electrons. The molecule has 3 aromatic rings. The van der Waals surface area contributed by atoms with Gasteiger partial charge < -0.3 is 10.2 Å². The van der Waals surface area contributed by atoms with Gasteiger partial charge in [0, 0.05) is 30.9 Å². The fourth-order valence-electron chi connectivity index (χ4n) is 4.27. The van der Waals surface area contributed by atoms with Crippen LogP contribution in [0.25, 0.3) is 11.8 Å². The quantitative estimate of drug-likeness (QED) is 0.602. The van der Waals surface area contributed by atoms with Crippen LogP contribution in [0.1, 0.15) is 36.2 Å². The maximum atomic E-state index is 13.2. The molecule has 1 aliphatic rings. The van der Waals surface area contributed by atoms with Crippen LogP contribution in [0, 0.1) is 11.8 Å². The van der Waals surface area contributed by atoms with Crippen molar-refractivity contribution in [3.05, 3.63) is 84.2 Å². The summed E-state index contributed by atoms with van der Waals surface area (Å²) in [4.78, 5) is 27.6. The Bertz CT molecular complexity index is 1110. The molecule has 32 heavy (non-hydrogen) atoms. The number of hydrogen-bond acceptors (Lipinski definition) is 3. The van der Waals surface area contributed by atoms with E-state index in [0.717, 1.165) is 30.8 Å². The van der Waals surface area contributed by atoms with E-state index in [1.165, 1.54) is 6.08 Å². The van der Waals surface area contributed by atoms with Crippen molar-refractivity contribution in [3.63, 3.8) is 0 Å². The largest absolute Gasteiger partial charge is 0.338 e. The van der Waals surface area contributed by atoms with Crippen LogP contribution in [0.2, 0.25) is 0 Å². The van der Waals surface area contributed by atoms with Crippen molar-refractivity contribution in [2.75, 3.05) is 18.4 Å². The van der Waals surface area contributed by atoms with Crippen molar-refractivity contribution in [3.8, 4) is 5.69 Å². The number of anilines is 1. The zero-order valence-electron chi connectivity index (χ0n) is 18.4. The van der Waals surface area contributed by atoms with Gasteiger partial charge in [-0.2, -0.15) is 5.10 Å². The zero-order valence-corrected chi connectivity index (χ0v) is 18.4. The summed E-state index contributed by atoms with van der Waals surface area (Å²) in [6, 6.07) is 17.0. The average Bonchev–Trinajstić information content (AvgIpc) is 3.27. The summed E-state index contributed by atoms with van der Waals surface area (Å²) in [7, 11) is 0. The van der Waals surface area contributed by atoms with Crippen LogP contribution in [0.5, 0.6) is 0 Å². The molecule has 1 aliphatic heterocycles. The number of para-hydroxylation sites is 2. The average molecular weight is 429 g/mol. The highest BCUT2D eigenvalue weighted by atomic mass is 16.2. The van der Waals surface area contributed by atoms with Crippen LogP contribution in [-0.4, -0.2) is 39.6 Å². The van der Waals surface area contributed by atoms with Crippen molar-refractivity contribution in [1.82, 2.24) is 14.7 Å². The first-order valence-corrected chi connectivity index (χ1v) is 11.0. The summed E-state index contributed by atoms with van der Waals surface area (Å²) in [6.45, 7) is 5.84. The van der Waals surface area contributed by atoms with Gasteiger partial charge in [0.1, 0.15) is 0 Å². The molecule has 0 saturated carbocycles. The van der Waals surface area contributed by atoms with Crippen molar-refractivity contribution in [1.29, 1.82) is 0 Å². The lowest BCUT2D eigenvalue weighted by atomic mass is 9.91. The van der Waals surface area contributed by atoms with Crippen LogP contribution in [-0.2, 0) is 4.79 Å². The maximum Gasteiger partial charge on any atom is 0.255 e. The van der Waals surface area contributed by atoms with Gasteiger partial charge in [-0.3, -0.25) is 9.59 Å². The van der Waals surface area contributed by atoms with E-state index in [4.69, 9.17) is 0 Å². The second-order valence-electron chi connectivity index (χ2n) is 8.58. The maximum absolute atomic E-state index is 13.2. The number of aromatic nitrogens is 2. The van der Waals surface area contributed by atoms with E-state index in [1.54, 1.807) is 29.1 Å². The van der Waals surface area contributed by atoms with E-state index >= 15 is 0 Å². The van der Waals surface area contributed by atoms with Gasteiger partial charge in [-0.05, 0) is 48.6 Å². The van der Waals surface area contributed by atoms with E-state index in [-0.39, 0.29) is 11.8 Å². The molecule has 0 aliphatic carbocycles. The standard InChI is InChI=1S/C26H28N4O2/c1-19-14-20(2)17-29(16-19)26(32)23-10-6-7-11-24(23)28-25(31)13-12-21-15-27-30(18-21)22-8-4-3-5-9-22/h3-13,15,18-20H,14,16-17H2,1-2H3,(H,28,31)/b13-12+. The second kappa shape index (κ2) is 9.64. The van der Waals surface area contributed by atoms with Gasteiger partial charge in [0.25, 0.3) is 5.91 Å². The minimum absolute atomic E-state index is 0.0348. The molecule has 2 amide bonds. The molecule has 1 saturated heterocycles. The third kappa shape index (κ3) is 5.14. The molecule has 2 unspecified atom stereocenters. The first kappa shape index (κ1) is 21.6. The highest BCUT2D eigenvalue weighted by Crippen LogP contribution is 2.25. The summed E-state index contributed by atoms with van der Waals surface area (Å²) in [5, 5.41) is 7.19. The zero-order chi connectivity index (χ0) is 22.5. The molecule has 6 heteroatoms. The van der Waals surface area contributed by atoms with Crippen molar-refractivity contribution in [2.24, 2.45) is 11.8 Å². The highest BCUT2D eigenvalue weighted by molar-refractivity contribution is 6.07. The third-order valence-electron chi connectivity index (χ3n) is 5.62. The van der Waals surface area contributed by atoms with Crippen LogP contribution in [0.4, 0.5) is 5.69 Å². The Morgan fingerprint density at radius 2 is 1.69 bits per heavy atom. The molecule has 2 heterocycles. The predicted octanol–water partition coefficient (Wildman–Crippen LogP) is 4.64. The molecular weight excluding hydrogens is 400 g/mol. The number of rotatable bonds is 5. The number of hydrogen-bond donors (Lipinski definition) is 1. The van der Waals surface area contributed by atoms with Gasteiger partial charge >= 0.3 is 0 Å². The molecule has 2 atom stereocenters. The summed E-state index contributed by atoms with van der Waals surface area (Å²) in [5.74, 6) is 0.624. The number of carbonyl (C=O) groups is 2. The smallest absolute Gasteiger partial charge is 0.255 e. The molecule has 6 nitrogen and oxygen atoms in total. The van der Waals surface area contributed by atoms with E-state index < -0.39 is 0 Å². The van der Waals surface area contributed by atoms with Crippen LogP contribution in [0.15, 0.2) is 73.1 Å². The van der Waals surface area contributed by atoms with Gasteiger partial charge in [-0.1, -0.05) is 44.2 Å². The molecule has 1 fully saturated rings. The first-order chi connectivity index (χ1) is 15.5. The molecule has 0 spiro atoms. The summed E-state index contributed by atoms with van der Waals surface area (Å²) < 4.78 is 1.76. The molecule has 1 aromatic heterocycles. The molecule has 1 N–H and O–H groups in total. The summed E-state index contributed by atoms with van der Waals surface area (Å²) in [5.41, 5.74) is 2.81. The lowest BCUT2D eigenvalue weighted by molar-refractivity contribution is -0.111. The molecule has 2 aromatic carbocycles. The number of likely N-dealkylation sites (tertiary alicyclic amines) is 1. The SMILES string of the molecule is CC1CC(C)CN(C(=O)c2ccccc2NC(=O)/C=C/c2cnn(-c3ccccc3)c2)C1. The lowest BCUT2D eigenvalue weighted by Crippen LogP contribution is -2.42. The van der Waals surface area contributed by atoms with Crippen LogP contribution >= 0.6 is 0 Å².